The van der Waals surface area contributed by atoms with E-state index in [4.69, 9.17) is 14.0 Å². The van der Waals surface area contributed by atoms with E-state index in [0.29, 0.717) is 16.7 Å². The average Bonchev–Trinajstić information content (AvgIpc) is 3.53. The predicted octanol–water partition coefficient (Wildman–Crippen LogP) is 6.18. The van der Waals surface area contributed by atoms with Gasteiger partial charge in [-0.15, -0.1) is 11.8 Å². The zero-order chi connectivity index (χ0) is 31.6. The second kappa shape index (κ2) is 12.2. The second-order valence-corrected chi connectivity index (χ2v) is 12.2. The molecule has 15 heteroatoms. The molecular formula is C29H23F4N3O6S2. The minimum Gasteiger partial charge on any atom is -0.497 e. The summed E-state index contributed by atoms with van der Waals surface area (Å²) in [5, 5.41) is 4.11. The first-order chi connectivity index (χ1) is 20.9. The van der Waals surface area contributed by atoms with Crippen molar-refractivity contribution >= 4 is 38.5 Å². The van der Waals surface area contributed by atoms with Crippen LogP contribution in [0.4, 0.5) is 23.4 Å². The standard InChI is InChI=1S/C29H23F4N3O6S2/c1-40-20-6-3-18(4-7-20)16-35(27-11-12-42-34-27)44(38,39)21-8-9-23-19(13-21)5-10-28(37)36(23)24-14-22(30)26(15-25(24)41-2)43-17-29(31,32)33/h3-15H,16-17H2,1-2H3. The monoisotopic (exact) mass is 649 g/mol. The summed E-state index contributed by atoms with van der Waals surface area (Å²) in [4.78, 5) is 12.6. The van der Waals surface area contributed by atoms with Crippen molar-refractivity contribution in [2.45, 2.75) is 22.5 Å². The molecule has 0 saturated heterocycles. The molecule has 0 bridgehead atoms. The Hall–Kier alpha value is -4.50. The topological polar surface area (TPSA) is 104 Å². The third kappa shape index (κ3) is 6.38. The van der Waals surface area contributed by atoms with Gasteiger partial charge in [0, 0.05) is 28.5 Å². The molecule has 0 fully saturated rings. The fraction of sp³-hybridized carbons (Fsp3) is 0.172. The number of hydrogen-bond acceptors (Lipinski definition) is 8. The van der Waals surface area contributed by atoms with E-state index in [0.717, 1.165) is 27.1 Å². The highest BCUT2D eigenvalue weighted by atomic mass is 32.2. The fourth-order valence-corrected chi connectivity index (χ4v) is 6.55. The first-order valence-corrected chi connectivity index (χ1v) is 15.1. The lowest BCUT2D eigenvalue weighted by Crippen LogP contribution is -2.31. The van der Waals surface area contributed by atoms with Crippen LogP contribution in [-0.4, -0.2) is 44.3 Å². The van der Waals surface area contributed by atoms with E-state index < -0.39 is 33.3 Å². The third-order valence-electron chi connectivity index (χ3n) is 6.48. The van der Waals surface area contributed by atoms with Crippen LogP contribution in [0.25, 0.3) is 16.6 Å². The van der Waals surface area contributed by atoms with Crippen LogP contribution >= 0.6 is 11.8 Å². The van der Waals surface area contributed by atoms with Gasteiger partial charge < -0.3 is 14.0 Å². The molecule has 0 aliphatic rings. The number of pyridine rings is 1. The van der Waals surface area contributed by atoms with Gasteiger partial charge in [-0.05, 0) is 48.0 Å². The number of hydrogen-bond donors (Lipinski definition) is 0. The Kier molecular flexibility index (Phi) is 8.61. The van der Waals surface area contributed by atoms with Gasteiger partial charge in [-0.2, -0.15) is 13.2 Å². The first-order valence-electron chi connectivity index (χ1n) is 12.7. The maximum Gasteiger partial charge on any atom is 0.398 e. The number of sulfonamides is 1. The summed E-state index contributed by atoms with van der Waals surface area (Å²) in [6.45, 7) is -0.0917. The zero-order valence-electron chi connectivity index (χ0n) is 23.0. The summed E-state index contributed by atoms with van der Waals surface area (Å²) >= 11 is 0.247. The average molecular weight is 650 g/mol. The number of fused-ring (bicyclic) bond motifs is 1. The number of alkyl halides is 3. The van der Waals surface area contributed by atoms with Crippen molar-refractivity contribution in [1.29, 1.82) is 0 Å². The molecular weight excluding hydrogens is 626 g/mol. The molecule has 0 amide bonds. The number of anilines is 1. The van der Waals surface area contributed by atoms with Crippen molar-refractivity contribution in [1.82, 2.24) is 9.72 Å². The number of ether oxygens (including phenoxy) is 2. The molecule has 0 radical (unpaired) electrons. The minimum atomic E-state index is -4.52. The predicted molar refractivity (Wildman–Crippen MR) is 156 cm³/mol. The summed E-state index contributed by atoms with van der Waals surface area (Å²) < 4.78 is 98.6. The Morgan fingerprint density at radius 2 is 1.73 bits per heavy atom. The number of rotatable bonds is 10. The van der Waals surface area contributed by atoms with Crippen molar-refractivity contribution in [2.75, 3.05) is 24.3 Å². The van der Waals surface area contributed by atoms with Gasteiger partial charge >= 0.3 is 6.18 Å². The maximum absolute atomic E-state index is 15.0. The maximum atomic E-state index is 15.0. The molecule has 2 aromatic heterocycles. The molecule has 2 heterocycles. The largest absolute Gasteiger partial charge is 0.497 e. The van der Waals surface area contributed by atoms with Gasteiger partial charge in [0.25, 0.3) is 15.6 Å². The number of thioether (sulfide) groups is 1. The van der Waals surface area contributed by atoms with Crippen LogP contribution < -0.4 is 19.3 Å². The normalized spacial score (nSPS) is 12.0. The lowest BCUT2D eigenvalue weighted by Gasteiger charge is -2.22. The summed E-state index contributed by atoms with van der Waals surface area (Å²) in [5.41, 5.74) is 0.160. The smallest absolute Gasteiger partial charge is 0.398 e. The van der Waals surface area contributed by atoms with Crippen LogP contribution in [-0.2, 0) is 16.6 Å². The molecule has 0 spiro atoms. The summed E-state index contributed by atoms with van der Waals surface area (Å²) in [6, 6.07) is 16.8. The van der Waals surface area contributed by atoms with Crippen molar-refractivity contribution in [3.05, 3.63) is 101 Å². The van der Waals surface area contributed by atoms with Crippen LogP contribution in [0.15, 0.2) is 98.2 Å². The van der Waals surface area contributed by atoms with E-state index in [1.165, 1.54) is 50.8 Å². The van der Waals surface area contributed by atoms with E-state index in [-0.39, 0.29) is 50.9 Å². The Morgan fingerprint density at radius 3 is 2.36 bits per heavy atom. The quantitative estimate of drug-likeness (QED) is 0.131. The number of aromatic nitrogens is 2. The van der Waals surface area contributed by atoms with Crippen LogP contribution in [0.2, 0.25) is 0 Å². The molecule has 0 N–H and O–H groups in total. The highest BCUT2D eigenvalue weighted by Crippen LogP contribution is 2.36. The van der Waals surface area contributed by atoms with Crippen molar-refractivity contribution < 1.29 is 40.0 Å². The van der Waals surface area contributed by atoms with Gasteiger partial charge in [-0.1, -0.05) is 17.3 Å². The summed E-state index contributed by atoms with van der Waals surface area (Å²) in [7, 11) is -1.50. The van der Waals surface area contributed by atoms with Gasteiger partial charge in [0.15, 0.2) is 5.82 Å². The van der Waals surface area contributed by atoms with Gasteiger partial charge in [0.1, 0.15) is 23.6 Å². The van der Waals surface area contributed by atoms with E-state index >= 15 is 0 Å². The molecule has 5 aromatic rings. The van der Waals surface area contributed by atoms with Crippen LogP contribution in [0.3, 0.4) is 0 Å². The molecule has 5 rings (SSSR count). The van der Waals surface area contributed by atoms with Gasteiger partial charge in [-0.3, -0.25) is 9.36 Å². The number of halogens is 4. The molecule has 0 aliphatic carbocycles. The summed E-state index contributed by atoms with van der Waals surface area (Å²) in [5.74, 6) is -1.73. The van der Waals surface area contributed by atoms with Gasteiger partial charge in [-0.25, -0.2) is 17.1 Å². The second-order valence-electron chi connectivity index (χ2n) is 9.30. The molecule has 44 heavy (non-hydrogen) atoms. The zero-order valence-corrected chi connectivity index (χ0v) is 24.7. The van der Waals surface area contributed by atoms with E-state index in [1.807, 2.05) is 0 Å². The third-order valence-corrected chi connectivity index (χ3v) is 9.33. The van der Waals surface area contributed by atoms with Gasteiger partial charge in [0.05, 0.1) is 42.6 Å². The fourth-order valence-electron chi connectivity index (χ4n) is 4.41. The number of benzene rings is 3. The lowest BCUT2D eigenvalue weighted by atomic mass is 10.2. The van der Waals surface area contributed by atoms with Gasteiger partial charge in [0.2, 0.25) is 0 Å². The lowest BCUT2D eigenvalue weighted by molar-refractivity contribution is -0.105. The molecule has 0 atom stereocenters. The molecule has 0 aliphatic heterocycles. The SMILES string of the molecule is COc1ccc(CN(c2ccon2)S(=O)(=O)c2ccc3c(ccc(=O)n3-c3cc(F)c(SCC(F)(F)F)cc3OC)c2)cc1. The molecule has 9 nitrogen and oxygen atoms in total. The van der Waals surface area contributed by atoms with Crippen LogP contribution in [0.5, 0.6) is 11.5 Å². The van der Waals surface area contributed by atoms with E-state index in [9.17, 15) is 30.8 Å². The van der Waals surface area contributed by atoms with Crippen molar-refractivity contribution in [3.8, 4) is 17.2 Å². The molecule has 3 aromatic carbocycles. The van der Waals surface area contributed by atoms with E-state index in [2.05, 4.69) is 5.16 Å². The Morgan fingerprint density at radius 1 is 0.977 bits per heavy atom. The Balaban J connectivity index is 1.57. The molecule has 0 saturated carbocycles. The number of methoxy groups -OCH3 is 2. The van der Waals surface area contributed by atoms with Crippen LogP contribution in [0, 0.1) is 5.82 Å². The van der Waals surface area contributed by atoms with Crippen molar-refractivity contribution in [3.63, 3.8) is 0 Å². The molecule has 230 valence electrons. The van der Waals surface area contributed by atoms with Crippen molar-refractivity contribution in [2.24, 2.45) is 0 Å². The minimum absolute atomic E-state index is 0.0366. The van der Waals surface area contributed by atoms with E-state index in [1.54, 1.807) is 24.3 Å². The van der Waals surface area contributed by atoms with Crippen LogP contribution in [0.1, 0.15) is 5.56 Å². The number of nitrogens with zero attached hydrogens (tertiary/aromatic N) is 3. The summed E-state index contributed by atoms with van der Waals surface area (Å²) in [6.07, 6.45) is -3.28. The Labute approximate surface area is 252 Å². The molecule has 0 unspecified atom stereocenters. The highest BCUT2D eigenvalue weighted by Gasteiger charge is 2.30. The Bertz CT molecular complexity index is 1960. The highest BCUT2D eigenvalue weighted by molar-refractivity contribution is 7.99. The first kappa shape index (κ1) is 30.9.